The van der Waals surface area contributed by atoms with Crippen molar-refractivity contribution >= 4 is 6.29 Å². The molecule has 0 unspecified atom stereocenters. The van der Waals surface area contributed by atoms with E-state index in [-0.39, 0.29) is 5.75 Å². The third-order valence-electron chi connectivity index (χ3n) is 1.98. The van der Waals surface area contributed by atoms with Crippen molar-refractivity contribution in [2.45, 2.75) is 0 Å². The molecule has 1 aromatic heterocycles. The van der Waals surface area contributed by atoms with E-state index in [2.05, 4.69) is 17.0 Å². The van der Waals surface area contributed by atoms with Gasteiger partial charge in [0.1, 0.15) is 5.75 Å². The van der Waals surface area contributed by atoms with Gasteiger partial charge in [0, 0.05) is 11.6 Å². The Balaban J connectivity index is 2.49. The Kier molecular flexibility index (Phi) is 2.70. The standard InChI is InChI=1S/C12H7NO3/c14-7-1-2-9-3-4-11(15)10(8-9)12-5-6-13-16-12/h3-8,15H. The minimum absolute atomic E-state index is 0.0772. The molecule has 78 valence electrons. The van der Waals surface area contributed by atoms with Crippen LogP contribution in [-0.2, 0) is 4.79 Å². The number of aromatic nitrogens is 1. The van der Waals surface area contributed by atoms with E-state index < -0.39 is 0 Å². The zero-order valence-electron chi connectivity index (χ0n) is 8.18. The van der Waals surface area contributed by atoms with Crippen molar-refractivity contribution in [3.05, 3.63) is 36.0 Å². The number of aldehydes is 1. The van der Waals surface area contributed by atoms with Crippen molar-refractivity contribution in [1.29, 1.82) is 0 Å². The van der Waals surface area contributed by atoms with Gasteiger partial charge < -0.3 is 9.63 Å². The SMILES string of the molecule is O=CC#Cc1ccc(O)c(-c2ccno2)c1. The first-order valence-electron chi connectivity index (χ1n) is 4.50. The molecule has 0 aliphatic rings. The average molecular weight is 213 g/mol. The molecule has 2 rings (SSSR count). The molecule has 0 fully saturated rings. The quantitative estimate of drug-likeness (QED) is 0.577. The molecule has 0 atom stereocenters. The lowest BCUT2D eigenvalue weighted by Crippen LogP contribution is -1.80. The molecule has 0 saturated carbocycles. The van der Waals surface area contributed by atoms with Gasteiger partial charge >= 0.3 is 0 Å². The van der Waals surface area contributed by atoms with Crippen LogP contribution in [0.25, 0.3) is 11.3 Å². The lowest BCUT2D eigenvalue weighted by atomic mass is 10.1. The Bertz CT molecular complexity index is 562. The molecule has 0 aliphatic heterocycles. The van der Waals surface area contributed by atoms with Gasteiger partial charge in [0.15, 0.2) is 12.0 Å². The van der Waals surface area contributed by atoms with Crippen LogP contribution in [0.4, 0.5) is 0 Å². The number of rotatable bonds is 1. The number of phenolic OH excluding ortho intramolecular Hbond substituents is 1. The number of carbonyl (C=O) groups excluding carboxylic acids is 1. The van der Waals surface area contributed by atoms with Crippen LogP contribution in [0.5, 0.6) is 5.75 Å². The van der Waals surface area contributed by atoms with Crippen molar-refractivity contribution in [3.8, 4) is 28.9 Å². The molecule has 0 aliphatic carbocycles. The molecule has 0 spiro atoms. The first-order valence-corrected chi connectivity index (χ1v) is 4.50. The van der Waals surface area contributed by atoms with Crippen LogP contribution in [0.15, 0.2) is 35.0 Å². The topological polar surface area (TPSA) is 63.3 Å². The van der Waals surface area contributed by atoms with Gasteiger partial charge in [0.2, 0.25) is 0 Å². The summed E-state index contributed by atoms with van der Waals surface area (Å²) in [7, 11) is 0. The Morgan fingerprint density at radius 3 is 2.94 bits per heavy atom. The van der Waals surface area contributed by atoms with Crippen LogP contribution in [0.2, 0.25) is 0 Å². The fraction of sp³-hybridized carbons (Fsp3) is 0. The van der Waals surface area contributed by atoms with E-state index in [1.54, 1.807) is 18.2 Å². The van der Waals surface area contributed by atoms with E-state index in [1.807, 2.05) is 0 Å². The van der Waals surface area contributed by atoms with E-state index >= 15 is 0 Å². The summed E-state index contributed by atoms with van der Waals surface area (Å²) in [5.74, 6) is 5.46. The summed E-state index contributed by atoms with van der Waals surface area (Å²) in [5.41, 5.74) is 1.12. The van der Waals surface area contributed by atoms with Crippen LogP contribution in [0, 0.1) is 11.8 Å². The van der Waals surface area contributed by atoms with Crippen molar-refractivity contribution in [2.24, 2.45) is 0 Å². The van der Waals surface area contributed by atoms with Gasteiger partial charge in [-0.25, -0.2) is 0 Å². The average Bonchev–Trinajstić information content (AvgIpc) is 2.81. The number of phenols is 1. The van der Waals surface area contributed by atoms with Crippen LogP contribution < -0.4 is 0 Å². The van der Waals surface area contributed by atoms with Crippen LogP contribution in [-0.4, -0.2) is 16.5 Å². The summed E-state index contributed by atoms with van der Waals surface area (Å²) in [6, 6.07) is 6.37. The second kappa shape index (κ2) is 4.32. The van der Waals surface area contributed by atoms with Crippen molar-refractivity contribution in [1.82, 2.24) is 5.16 Å². The molecule has 1 heterocycles. The zero-order chi connectivity index (χ0) is 11.4. The van der Waals surface area contributed by atoms with Crippen LogP contribution >= 0.6 is 0 Å². The molecule has 4 heteroatoms. The molecule has 1 aromatic carbocycles. The summed E-state index contributed by atoms with van der Waals surface area (Å²) >= 11 is 0. The molecule has 0 amide bonds. The molecule has 1 N–H and O–H groups in total. The Morgan fingerprint density at radius 1 is 1.38 bits per heavy atom. The summed E-state index contributed by atoms with van der Waals surface area (Å²) in [5, 5.41) is 13.2. The molecule has 4 nitrogen and oxygen atoms in total. The summed E-state index contributed by atoms with van der Waals surface area (Å²) in [6.45, 7) is 0. The predicted molar refractivity (Wildman–Crippen MR) is 56.5 cm³/mol. The second-order valence-corrected chi connectivity index (χ2v) is 3.00. The molecular weight excluding hydrogens is 206 g/mol. The van der Waals surface area contributed by atoms with Gasteiger partial charge in [-0.1, -0.05) is 11.1 Å². The summed E-state index contributed by atoms with van der Waals surface area (Å²) < 4.78 is 4.93. The predicted octanol–water partition coefficient (Wildman–Crippen LogP) is 1.60. The number of carbonyl (C=O) groups is 1. The second-order valence-electron chi connectivity index (χ2n) is 3.00. The number of aromatic hydroxyl groups is 1. The Hall–Kier alpha value is -2.54. The van der Waals surface area contributed by atoms with E-state index in [1.165, 1.54) is 12.3 Å². The fourth-order valence-corrected chi connectivity index (χ4v) is 1.28. The van der Waals surface area contributed by atoms with Gasteiger partial charge in [-0.3, -0.25) is 4.79 Å². The normalized spacial score (nSPS) is 9.25. The monoisotopic (exact) mass is 213 g/mol. The highest BCUT2D eigenvalue weighted by Gasteiger charge is 2.07. The minimum Gasteiger partial charge on any atom is -0.507 e. The molecule has 16 heavy (non-hydrogen) atoms. The van der Waals surface area contributed by atoms with E-state index in [9.17, 15) is 9.90 Å². The third-order valence-corrected chi connectivity index (χ3v) is 1.98. The third kappa shape index (κ3) is 1.93. The number of nitrogens with zero attached hydrogens (tertiary/aromatic N) is 1. The first-order chi connectivity index (χ1) is 7.81. The van der Waals surface area contributed by atoms with Gasteiger partial charge in [-0.15, -0.1) is 0 Å². The zero-order valence-corrected chi connectivity index (χ0v) is 8.18. The number of hydrogen-bond acceptors (Lipinski definition) is 4. The van der Waals surface area contributed by atoms with Gasteiger partial charge in [0.05, 0.1) is 11.8 Å². The molecule has 2 aromatic rings. The molecular formula is C12H7NO3. The minimum atomic E-state index is 0.0772. The number of hydrogen-bond donors (Lipinski definition) is 1. The Morgan fingerprint density at radius 2 is 2.25 bits per heavy atom. The van der Waals surface area contributed by atoms with Crippen molar-refractivity contribution < 1.29 is 14.4 Å². The van der Waals surface area contributed by atoms with Gasteiger partial charge in [0.25, 0.3) is 0 Å². The van der Waals surface area contributed by atoms with Gasteiger partial charge in [-0.2, -0.15) is 0 Å². The molecule has 0 bridgehead atoms. The van der Waals surface area contributed by atoms with Crippen LogP contribution in [0.1, 0.15) is 5.56 Å². The fourth-order valence-electron chi connectivity index (χ4n) is 1.28. The van der Waals surface area contributed by atoms with Gasteiger partial charge in [-0.05, 0) is 24.1 Å². The number of benzene rings is 1. The van der Waals surface area contributed by atoms with Crippen LogP contribution in [0.3, 0.4) is 0 Å². The maximum absolute atomic E-state index is 10.1. The first kappa shape index (κ1) is 9.99. The van der Waals surface area contributed by atoms with E-state index in [4.69, 9.17) is 4.52 Å². The van der Waals surface area contributed by atoms with E-state index in [0.717, 1.165) is 0 Å². The summed E-state index contributed by atoms with van der Waals surface area (Å²) in [6.07, 6.45) is 2.00. The lowest BCUT2D eigenvalue weighted by Gasteiger charge is -2.00. The highest BCUT2D eigenvalue weighted by atomic mass is 16.5. The largest absolute Gasteiger partial charge is 0.507 e. The highest BCUT2D eigenvalue weighted by molar-refractivity contribution is 5.75. The maximum atomic E-state index is 10.1. The lowest BCUT2D eigenvalue weighted by molar-refractivity contribution is -0.103. The van der Waals surface area contributed by atoms with E-state index in [0.29, 0.717) is 23.2 Å². The molecule has 0 radical (unpaired) electrons. The molecule has 0 saturated heterocycles. The van der Waals surface area contributed by atoms with Crippen molar-refractivity contribution in [2.75, 3.05) is 0 Å². The highest BCUT2D eigenvalue weighted by Crippen LogP contribution is 2.29. The van der Waals surface area contributed by atoms with Crippen molar-refractivity contribution in [3.63, 3.8) is 0 Å². The maximum Gasteiger partial charge on any atom is 0.193 e. The smallest absolute Gasteiger partial charge is 0.193 e. The summed E-state index contributed by atoms with van der Waals surface area (Å²) in [4.78, 5) is 10.1. The Labute approximate surface area is 91.5 Å².